The van der Waals surface area contributed by atoms with Crippen LogP contribution in [0.5, 0.6) is 0 Å². The van der Waals surface area contributed by atoms with Crippen molar-refractivity contribution in [2.24, 2.45) is 5.92 Å². The topological polar surface area (TPSA) is 40.6 Å². The Labute approximate surface area is 147 Å². The number of carbonyl (C=O) groups excluding carboxylic acids is 2. The molecule has 0 N–H and O–H groups in total. The molecule has 0 spiro atoms. The Kier molecular flexibility index (Phi) is 6.63. The third-order valence-electron chi connectivity index (χ3n) is 4.46. The van der Waals surface area contributed by atoms with E-state index in [1.807, 2.05) is 41.1 Å². The van der Waals surface area contributed by atoms with E-state index in [9.17, 15) is 9.59 Å². The standard InChI is InChI=1S/C18H25BrN2O2/c1-3-4-11-20(2)17(22)14-9-12-21(13-10-14)18(23)15-7-5-6-8-16(15)19/h5-8,14H,3-4,9-13H2,1-2H3. The molecular formula is C18H25BrN2O2. The van der Waals surface area contributed by atoms with Gasteiger partial charge in [0.25, 0.3) is 5.91 Å². The van der Waals surface area contributed by atoms with Crippen LogP contribution < -0.4 is 0 Å². The van der Waals surface area contributed by atoms with Crippen molar-refractivity contribution < 1.29 is 9.59 Å². The first kappa shape index (κ1) is 18.0. The highest BCUT2D eigenvalue weighted by Crippen LogP contribution is 2.23. The molecule has 1 saturated heterocycles. The summed E-state index contributed by atoms with van der Waals surface area (Å²) in [6, 6.07) is 7.49. The smallest absolute Gasteiger partial charge is 0.254 e. The van der Waals surface area contributed by atoms with Crippen LogP contribution >= 0.6 is 15.9 Å². The van der Waals surface area contributed by atoms with Crippen LogP contribution in [0.25, 0.3) is 0 Å². The van der Waals surface area contributed by atoms with Gasteiger partial charge in [-0.05, 0) is 47.3 Å². The van der Waals surface area contributed by atoms with Crippen molar-refractivity contribution in [3.63, 3.8) is 0 Å². The van der Waals surface area contributed by atoms with Crippen molar-refractivity contribution in [1.82, 2.24) is 9.80 Å². The Balaban J connectivity index is 1.90. The van der Waals surface area contributed by atoms with Gasteiger partial charge in [-0.25, -0.2) is 0 Å². The summed E-state index contributed by atoms with van der Waals surface area (Å²) >= 11 is 3.43. The SMILES string of the molecule is CCCCN(C)C(=O)C1CCN(C(=O)c2ccccc2Br)CC1. The molecule has 1 aromatic rings. The largest absolute Gasteiger partial charge is 0.346 e. The lowest BCUT2D eigenvalue weighted by molar-refractivity contribution is -0.135. The number of halogens is 1. The first-order chi connectivity index (χ1) is 11.0. The molecule has 1 fully saturated rings. The predicted molar refractivity (Wildman–Crippen MR) is 95.3 cm³/mol. The molecule has 0 saturated carbocycles. The summed E-state index contributed by atoms with van der Waals surface area (Å²) in [5.74, 6) is 0.328. The Morgan fingerprint density at radius 3 is 2.52 bits per heavy atom. The third-order valence-corrected chi connectivity index (χ3v) is 5.15. The molecule has 0 radical (unpaired) electrons. The van der Waals surface area contributed by atoms with Gasteiger partial charge in [0.15, 0.2) is 0 Å². The summed E-state index contributed by atoms with van der Waals surface area (Å²) in [6.45, 7) is 4.26. The molecule has 0 atom stereocenters. The molecular weight excluding hydrogens is 356 g/mol. The van der Waals surface area contributed by atoms with Gasteiger partial charge in [0.05, 0.1) is 5.56 Å². The summed E-state index contributed by atoms with van der Waals surface area (Å²) in [6.07, 6.45) is 3.65. The van der Waals surface area contributed by atoms with Gasteiger partial charge in [-0.2, -0.15) is 0 Å². The average molecular weight is 381 g/mol. The van der Waals surface area contributed by atoms with Crippen LogP contribution in [0.1, 0.15) is 43.0 Å². The molecule has 1 aromatic carbocycles. The second-order valence-electron chi connectivity index (χ2n) is 6.16. The molecule has 0 bridgehead atoms. The van der Waals surface area contributed by atoms with Crippen LogP contribution in [0.4, 0.5) is 0 Å². The van der Waals surface area contributed by atoms with Gasteiger partial charge in [-0.15, -0.1) is 0 Å². The second kappa shape index (κ2) is 8.48. The van der Waals surface area contributed by atoms with E-state index in [4.69, 9.17) is 0 Å². The van der Waals surface area contributed by atoms with Crippen molar-refractivity contribution in [3.8, 4) is 0 Å². The Morgan fingerprint density at radius 2 is 1.91 bits per heavy atom. The minimum atomic E-state index is 0.0442. The molecule has 126 valence electrons. The lowest BCUT2D eigenvalue weighted by Gasteiger charge is -2.33. The molecule has 2 amide bonds. The lowest BCUT2D eigenvalue weighted by atomic mass is 9.95. The number of piperidine rings is 1. The summed E-state index contributed by atoms with van der Waals surface area (Å²) in [5.41, 5.74) is 0.692. The number of unbranched alkanes of at least 4 members (excludes halogenated alkanes) is 1. The normalized spacial score (nSPS) is 15.5. The fourth-order valence-electron chi connectivity index (χ4n) is 2.95. The fraction of sp³-hybridized carbons (Fsp3) is 0.556. The van der Waals surface area contributed by atoms with E-state index < -0.39 is 0 Å². The van der Waals surface area contributed by atoms with E-state index in [1.54, 1.807) is 0 Å². The Hall–Kier alpha value is -1.36. The summed E-state index contributed by atoms with van der Waals surface area (Å²) in [7, 11) is 1.89. The highest BCUT2D eigenvalue weighted by molar-refractivity contribution is 9.10. The maximum atomic E-state index is 12.6. The first-order valence-corrected chi connectivity index (χ1v) is 9.12. The van der Waals surface area contributed by atoms with Crippen LogP contribution in [-0.2, 0) is 4.79 Å². The van der Waals surface area contributed by atoms with E-state index in [2.05, 4.69) is 22.9 Å². The van der Waals surface area contributed by atoms with Gasteiger partial charge in [-0.1, -0.05) is 25.5 Å². The highest BCUT2D eigenvalue weighted by atomic mass is 79.9. The molecule has 0 unspecified atom stereocenters. The van der Waals surface area contributed by atoms with Crippen molar-refractivity contribution in [2.75, 3.05) is 26.7 Å². The van der Waals surface area contributed by atoms with Gasteiger partial charge in [0.1, 0.15) is 0 Å². The number of amides is 2. The van der Waals surface area contributed by atoms with Crippen molar-refractivity contribution >= 4 is 27.7 Å². The van der Waals surface area contributed by atoms with Gasteiger partial charge >= 0.3 is 0 Å². The number of likely N-dealkylation sites (tertiary alicyclic amines) is 1. The lowest BCUT2D eigenvalue weighted by Crippen LogP contribution is -2.43. The molecule has 4 nitrogen and oxygen atoms in total. The van der Waals surface area contributed by atoms with Gasteiger partial charge in [0, 0.05) is 37.1 Å². The van der Waals surface area contributed by atoms with Gasteiger partial charge in [0.2, 0.25) is 5.91 Å². The minimum Gasteiger partial charge on any atom is -0.346 e. The van der Waals surface area contributed by atoms with Crippen molar-refractivity contribution in [3.05, 3.63) is 34.3 Å². The molecule has 0 aromatic heterocycles. The number of hydrogen-bond acceptors (Lipinski definition) is 2. The predicted octanol–water partition coefficient (Wildman–Crippen LogP) is 3.56. The zero-order valence-electron chi connectivity index (χ0n) is 13.9. The number of rotatable bonds is 5. The minimum absolute atomic E-state index is 0.0442. The van der Waals surface area contributed by atoms with Crippen LogP contribution in [-0.4, -0.2) is 48.3 Å². The molecule has 0 aliphatic carbocycles. The van der Waals surface area contributed by atoms with Crippen LogP contribution in [0.15, 0.2) is 28.7 Å². The van der Waals surface area contributed by atoms with Crippen LogP contribution in [0.3, 0.4) is 0 Å². The highest BCUT2D eigenvalue weighted by Gasteiger charge is 2.29. The molecule has 2 rings (SSSR count). The van der Waals surface area contributed by atoms with Crippen molar-refractivity contribution in [1.29, 1.82) is 0 Å². The maximum absolute atomic E-state index is 12.6. The molecule has 1 aliphatic rings. The molecule has 23 heavy (non-hydrogen) atoms. The second-order valence-corrected chi connectivity index (χ2v) is 7.01. The fourth-order valence-corrected chi connectivity index (χ4v) is 3.41. The maximum Gasteiger partial charge on any atom is 0.254 e. The average Bonchev–Trinajstić information content (AvgIpc) is 2.59. The quantitative estimate of drug-likeness (QED) is 0.783. The van der Waals surface area contributed by atoms with E-state index in [1.165, 1.54) is 0 Å². The number of carbonyl (C=O) groups is 2. The molecule has 1 aliphatic heterocycles. The summed E-state index contributed by atoms with van der Waals surface area (Å²) in [4.78, 5) is 28.7. The first-order valence-electron chi connectivity index (χ1n) is 8.33. The third kappa shape index (κ3) is 4.56. The summed E-state index contributed by atoms with van der Waals surface area (Å²) < 4.78 is 0.822. The monoisotopic (exact) mass is 380 g/mol. The molecule has 1 heterocycles. The van der Waals surface area contributed by atoms with Crippen LogP contribution in [0.2, 0.25) is 0 Å². The van der Waals surface area contributed by atoms with E-state index in [0.717, 1.165) is 36.7 Å². The van der Waals surface area contributed by atoms with E-state index in [-0.39, 0.29) is 17.7 Å². The Bertz CT molecular complexity index is 554. The number of hydrogen-bond donors (Lipinski definition) is 0. The van der Waals surface area contributed by atoms with Crippen LogP contribution in [0, 0.1) is 5.92 Å². The number of benzene rings is 1. The summed E-state index contributed by atoms with van der Waals surface area (Å²) in [5, 5.41) is 0. The number of nitrogens with zero attached hydrogens (tertiary/aromatic N) is 2. The zero-order chi connectivity index (χ0) is 16.8. The van der Waals surface area contributed by atoms with E-state index in [0.29, 0.717) is 18.7 Å². The van der Waals surface area contributed by atoms with Gasteiger partial charge in [-0.3, -0.25) is 9.59 Å². The zero-order valence-corrected chi connectivity index (χ0v) is 15.5. The van der Waals surface area contributed by atoms with Gasteiger partial charge < -0.3 is 9.80 Å². The Morgan fingerprint density at radius 1 is 1.26 bits per heavy atom. The van der Waals surface area contributed by atoms with Crippen molar-refractivity contribution in [2.45, 2.75) is 32.6 Å². The molecule has 5 heteroatoms. The van der Waals surface area contributed by atoms with E-state index >= 15 is 0 Å².